The van der Waals surface area contributed by atoms with E-state index in [1.165, 1.54) is 0 Å². The summed E-state index contributed by atoms with van der Waals surface area (Å²) in [5.41, 5.74) is 3.72. The number of aromatic nitrogens is 1. The smallest absolute Gasteiger partial charge is 0.283 e. The first-order chi connectivity index (χ1) is 8.66. The summed E-state index contributed by atoms with van der Waals surface area (Å²) in [7, 11) is 0. The van der Waals surface area contributed by atoms with E-state index in [1.54, 1.807) is 29.0 Å². The lowest BCUT2D eigenvalue weighted by molar-refractivity contribution is -0.385. The molecule has 5 nitrogen and oxygen atoms in total. The van der Waals surface area contributed by atoms with Crippen LogP contribution in [0.1, 0.15) is 11.3 Å². The molecule has 0 unspecified atom stereocenters. The van der Waals surface area contributed by atoms with E-state index in [-0.39, 0.29) is 5.69 Å². The number of rotatable bonds is 5. The lowest BCUT2D eigenvalue weighted by atomic mass is 10.2. The van der Waals surface area contributed by atoms with Crippen LogP contribution in [0.4, 0.5) is 5.69 Å². The number of nitrogens with one attached hydrogen (secondary N) is 1. The van der Waals surface area contributed by atoms with E-state index in [9.17, 15) is 10.1 Å². The summed E-state index contributed by atoms with van der Waals surface area (Å²) in [5.74, 6) is 0. The first-order valence-corrected chi connectivity index (χ1v) is 6.91. The lowest BCUT2D eigenvalue weighted by Crippen LogP contribution is -2.12. The summed E-state index contributed by atoms with van der Waals surface area (Å²) >= 11 is 4.71. The maximum Gasteiger partial charge on any atom is 0.283 e. The van der Waals surface area contributed by atoms with Gasteiger partial charge in [0, 0.05) is 24.5 Å². The van der Waals surface area contributed by atoms with Gasteiger partial charge in [-0.25, -0.2) is 4.98 Å². The third-order valence-electron chi connectivity index (χ3n) is 2.33. The van der Waals surface area contributed by atoms with Crippen molar-refractivity contribution in [2.24, 2.45) is 0 Å². The Morgan fingerprint density at radius 2 is 2.28 bits per heavy atom. The van der Waals surface area contributed by atoms with Crippen LogP contribution in [-0.2, 0) is 13.1 Å². The van der Waals surface area contributed by atoms with E-state index in [0.29, 0.717) is 17.6 Å². The molecule has 1 N–H and O–H groups in total. The summed E-state index contributed by atoms with van der Waals surface area (Å²) in [5, 5.41) is 15.9. The number of nitrogens with zero attached hydrogens (tertiary/aromatic N) is 2. The lowest BCUT2D eigenvalue weighted by Gasteiger charge is -2.04. The van der Waals surface area contributed by atoms with Crippen LogP contribution in [0, 0.1) is 10.1 Å². The Kier molecular flexibility index (Phi) is 4.40. The zero-order valence-corrected chi connectivity index (χ0v) is 11.7. The monoisotopic (exact) mass is 327 g/mol. The molecule has 0 bridgehead atoms. The Morgan fingerprint density at radius 3 is 2.94 bits per heavy atom. The van der Waals surface area contributed by atoms with Crippen molar-refractivity contribution < 1.29 is 4.92 Å². The number of hydrogen-bond donors (Lipinski definition) is 1. The predicted octanol–water partition coefficient (Wildman–Crippen LogP) is 3.10. The molecule has 1 heterocycles. The van der Waals surface area contributed by atoms with Gasteiger partial charge in [0.15, 0.2) is 0 Å². The third-order valence-corrected chi connectivity index (χ3v) is 3.63. The molecule has 0 amide bonds. The molecule has 0 aliphatic carbocycles. The average molecular weight is 328 g/mol. The molecule has 94 valence electrons. The fourth-order valence-electron chi connectivity index (χ4n) is 1.47. The minimum atomic E-state index is -0.395. The van der Waals surface area contributed by atoms with Gasteiger partial charge in [-0.2, -0.15) is 0 Å². The van der Waals surface area contributed by atoms with Crippen LogP contribution < -0.4 is 5.32 Å². The van der Waals surface area contributed by atoms with E-state index in [4.69, 9.17) is 0 Å². The molecule has 0 fully saturated rings. The second-order valence-electron chi connectivity index (χ2n) is 3.63. The molecule has 2 rings (SSSR count). The Morgan fingerprint density at radius 1 is 1.44 bits per heavy atom. The van der Waals surface area contributed by atoms with Gasteiger partial charge in [0.2, 0.25) is 0 Å². The Balaban J connectivity index is 1.97. The second-order valence-corrected chi connectivity index (χ2v) is 5.20. The molecule has 0 spiro atoms. The van der Waals surface area contributed by atoms with Gasteiger partial charge in [-0.1, -0.05) is 6.07 Å². The molecule has 0 saturated heterocycles. The highest BCUT2D eigenvalue weighted by Gasteiger charge is 2.11. The zero-order valence-electron chi connectivity index (χ0n) is 9.30. The third kappa shape index (κ3) is 3.34. The first-order valence-electron chi connectivity index (χ1n) is 5.17. The largest absolute Gasteiger partial charge is 0.307 e. The van der Waals surface area contributed by atoms with E-state index < -0.39 is 4.92 Å². The number of benzene rings is 1. The fourth-order valence-corrected chi connectivity index (χ4v) is 2.42. The Bertz CT molecular complexity index is 545. The molecule has 7 heteroatoms. The summed E-state index contributed by atoms with van der Waals surface area (Å²) in [6.07, 6.45) is 0. The molecule has 18 heavy (non-hydrogen) atoms. The maximum atomic E-state index is 10.8. The highest BCUT2D eigenvalue weighted by molar-refractivity contribution is 9.10. The average Bonchev–Trinajstić information content (AvgIpc) is 2.84. The molecular weight excluding hydrogens is 318 g/mol. The number of halogens is 1. The summed E-state index contributed by atoms with van der Waals surface area (Å²) in [4.78, 5) is 14.5. The van der Waals surface area contributed by atoms with Crippen LogP contribution in [0.2, 0.25) is 0 Å². The van der Waals surface area contributed by atoms with E-state index in [1.807, 2.05) is 11.4 Å². The molecule has 0 saturated carbocycles. The molecule has 0 aliphatic rings. The zero-order chi connectivity index (χ0) is 13.0. The standard InChI is InChI=1S/C11H10BrN3O2S/c12-10-2-1-8(3-11(10)15(16)17)4-13-5-9-6-18-7-14-9/h1-3,6-7,13H,4-5H2. The molecule has 0 radical (unpaired) electrons. The molecule has 1 aromatic heterocycles. The van der Waals surface area contributed by atoms with Crippen LogP contribution >= 0.6 is 27.3 Å². The van der Waals surface area contributed by atoms with Crippen molar-refractivity contribution >= 4 is 33.0 Å². The van der Waals surface area contributed by atoms with E-state index in [0.717, 1.165) is 11.3 Å². The van der Waals surface area contributed by atoms with Gasteiger partial charge < -0.3 is 5.32 Å². The van der Waals surface area contributed by atoms with Crippen LogP contribution in [0.3, 0.4) is 0 Å². The van der Waals surface area contributed by atoms with Gasteiger partial charge in [0.1, 0.15) is 0 Å². The topological polar surface area (TPSA) is 68.1 Å². The van der Waals surface area contributed by atoms with Gasteiger partial charge in [0.05, 0.1) is 20.6 Å². The van der Waals surface area contributed by atoms with Crippen LogP contribution in [0.25, 0.3) is 0 Å². The molecule has 0 atom stereocenters. The maximum absolute atomic E-state index is 10.8. The van der Waals surface area contributed by atoms with Crippen LogP contribution in [0.15, 0.2) is 33.6 Å². The quantitative estimate of drug-likeness (QED) is 0.676. The van der Waals surface area contributed by atoms with Crippen molar-refractivity contribution in [3.8, 4) is 0 Å². The minimum Gasteiger partial charge on any atom is -0.307 e. The van der Waals surface area contributed by atoms with E-state index >= 15 is 0 Å². The molecule has 2 aromatic rings. The summed E-state index contributed by atoms with van der Waals surface area (Å²) in [6, 6.07) is 5.11. The normalized spacial score (nSPS) is 10.5. The summed E-state index contributed by atoms with van der Waals surface area (Å²) < 4.78 is 0.496. The Hall–Kier alpha value is -1.31. The number of hydrogen-bond acceptors (Lipinski definition) is 5. The van der Waals surface area contributed by atoms with Crippen molar-refractivity contribution in [3.63, 3.8) is 0 Å². The van der Waals surface area contributed by atoms with Crippen molar-refractivity contribution in [2.75, 3.05) is 0 Å². The first kappa shape index (κ1) is 13.1. The highest BCUT2D eigenvalue weighted by atomic mass is 79.9. The predicted molar refractivity (Wildman–Crippen MR) is 73.5 cm³/mol. The molecular formula is C11H10BrN3O2S. The van der Waals surface area contributed by atoms with Gasteiger partial charge in [-0.05, 0) is 27.6 Å². The van der Waals surface area contributed by atoms with Gasteiger partial charge >= 0.3 is 0 Å². The second kappa shape index (κ2) is 6.03. The van der Waals surface area contributed by atoms with Crippen molar-refractivity contribution in [1.29, 1.82) is 0 Å². The summed E-state index contributed by atoms with van der Waals surface area (Å²) in [6.45, 7) is 1.24. The molecule has 0 aliphatic heterocycles. The van der Waals surface area contributed by atoms with Gasteiger partial charge in [-0.3, -0.25) is 10.1 Å². The van der Waals surface area contributed by atoms with Crippen molar-refractivity contribution in [2.45, 2.75) is 13.1 Å². The minimum absolute atomic E-state index is 0.0861. The molecule has 1 aromatic carbocycles. The van der Waals surface area contributed by atoms with E-state index in [2.05, 4.69) is 26.2 Å². The number of nitro groups is 1. The number of nitro benzene ring substituents is 1. The van der Waals surface area contributed by atoms with Crippen LogP contribution in [-0.4, -0.2) is 9.91 Å². The van der Waals surface area contributed by atoms with Crippen molar-refractivity contribution in [3.05, 3.63) is 54.9 Å². The SMILES string of the molecule is O=[N+]([O-])c1cc(CNCc2cscn2)ccc1Br. The van der Waals surface area contributed by atoms with Crippen molar-refractivity contribution in [1.82, 2.24) is 10.3 Å². The number of thiazole rings is 1. The van der Waals surface area contributed by atoms with Gasteiger partial charge in [-0.15, -0.1) is 11.3 Å². The fraction of sp³-hybridized carbons (Fsp3) is 0.182. The highest BCUT2D eigenvalue weighted by Crippen LogP contribution is 2.25. The van der Waals surface area contributed by atoms with Crippen LogP contribution in [0.5, 0.6) is 0 Å². The Labute approximate surface area is 116 Å². The van der Waals surface area contributed by atoms with Gasteiger partial charge in [0.25, 0.3) is 5.69 Å².